The number of anilines is 2. The Balaban J connectivity index is 2.93. The van der Waals surface area contributed by atoms with E-state index in [0.717, 1.165) is 49.3 Å². The van der Waals surface area contributed by atoms with Gasteiger partial charge in [-0.15, -0.1) is 0 Å². The Morgan fingerprint density at radius 2 is 1.94 bits per heavy atom. The summed E-state index contributed by atoms with van der Waals surface area (Å²) in [6.07, 6.45) is 0. The third-order valence-electron chi connectivity index (χ3n) is 2.86. The highest BCUT2D eigenvalue weighted by Crippen LogP contribution is 2.22. The van der Waals surface area contributed by atoms with Gasteiger partial charge in [0.25, 0.3) is 0 Å². The van der Waals surface area contributed by atoms with Crippen LogP contribution in [0.5, 0.6) is 0 Å². The average molecular weight is 252 g/mol. The molecule has 5 heteroatoms. The van der Waals surface area contributed by atoms with Gasteiger partial charge >= 0.3 is 0 Å². The molecule has 0 radical (unpaired) electrons. The number of hydrogen-bond acceptors (Lipinski definition) is 5. The van der Waals surface area contributed by atoms with E-state index in [1.54, 1.807) is 0 Å². The zero-order valence-electron chi connectivity index (χ0n) is 12.1. The molecule has 0 bridgehead atoms. The van der Waals surface area contributed by atoms with E-state index in [2.05, 4.69) is 27.1 Å². The zero-order valence-corrected chi connectivity index (χ0v) is 12.1. The third-order valence-corrected chi connectivity index (χ3v) is 2.86. The summed E-state index contributed by atoms with van der Waals surface area (Å²) < 4.78 is 5.41. The van der Waals surface area contributed by atoms with Crippen molar-refractivity contribution < 1.29 is 4.74 Å². The molecule has 102 valence electrons. The molecule has 18 heavy (non-hydrogen) atoms. The average Bonchev–Trinajstić information content (AvgIpc) is 2.37. The van der Waals surface area contributed by atoms with Crippen LogP contribution in [0.25, 0.3) is 0 Å². The molecule has 0 spiro atoms. The highest BCUT2D eigenvalue weighted by Gasteiger charge is 2.13. The van der Waals surface area contributed by atoms with Gasteiger partial charge in [0.05, 0.1) is 6.61 Å². The fourth-order valence-corrected chi connectivity index (χ4v) is 1.90. The lowest BCUT2D eigenvalue weighted by molar-refractivity contribution is 0.154. The van der Waals surface area contributed by atoms with Gasteiger partial charge in [-0.05, 0) is 27.7 Å². The van der Waals surface area contributed by atoms with Crippen molar-refractivity contribution in [1.29, 1.82) is 0 Å². The lowest BCUT2D eigenvalue weighted by Gasteiger charge is -2.24. The van der Waals surface area contributed by atoms with Gasteiger partial charge in [0.1, 0.15) is 17.5 Å². The van der Waals surface area contributed by atoms with Gasteiger partial charge in [-0.2, -0.15) is 0 Å². The van der Waals surface area contributed by atoms with E-state index in [0.29, 0.717) is 0 Å². The van der Waals surface area contributed by atoms with Crippen molar-refractivity contribution in [3.05, 3.63) is 11.4 Å². The normalized spacial score (nSPS) is 10.5. The number of rotatable bonds is 7. The maximum absolute atomic E-state index is 5.41. The fraction of sp³-hybridized carbons (Fsp3) is 0.692. The fourth-order valence-electron chi connectivity index (χ4n) is 1.90. The molecular weight excluding hydrogens is 228 g/mol. The lowest BCUT2D eigenvalue weighted by Crippen LogP contribution is -2.29. The van der Waals surface area contributed by atoms with Crippen LogP contribution in [0.3, 0.4) is 0 Å². The SMILES string of the molecule is CCOCCN(CC)c1nc(C)nc(NC)c1C. The van der Waals surface area contributed by atoms with Crippen molar-refractivity contribution in [2.24, 2.45) is 0 Å². The summed E-state index contributed by atoms with van der Waals surface area (Å²) in [5, 5.41) is 3.11. The number of hydrogen-bond donors (Lipinski definition) is 1. The largest absolute Gasteiger partial charge is 0.380 e. The molecule has 1 heterocycles. The summed E-state index contributed by atoms with van der Waals surface area (Å²) in [5.74, 6) is 2.68. The maximum atomic E-state index is 5.41. The second-order valence-electron chi connectivity index (χ2n) is 4.09. The zero-order chi connectivity index (χ0) is 13.5. The van der Waals surface area contributed by atoms with Crippen molar-refractivity contribution >= 4 is 11.6 Å². The van der Waals surface area contributed by atoms with Crippen molar-refractivity contribution in [1.82, 2.24) is 9.97 Å². The smallest absolute Gasteiger partial charge is 0.137 e. The molecule has 0 saturated heterocycles. The van der Waals surface area contributed by atoms with E-state index in [-0.39, 0.29) is 0 Å². The number of aryl methyl sites for hydroxylation is 1. The molecule has 0 aliphatic carbocycles. The molecule has 0 saturated carbocycles. The van der Waals surface area contributed by atoms with Crippen LogP contribution in [0.4, 0.5) is 11.6 Å². The Kier molecular flexibility index (Phi) is 5.85. The van der Waals surface area contributed by atoms with E-state index in [1.807, 2.05) is 27.8 Å². The molecule has 1 aromatic rings. The molecule has 1 N–H and O–H groups in total. The highest BCUT2D eigenvalue weighted by molar-refractivity contribution is 5.58. The maximum Gasteiger partial charge on any atom is 0.137 e. The summed E-state index contributed by atoms with van der Waals surface area (Å²) in [5.41, 5.74) is 1.08. The van der Waals surface area contributed by atoms with Gasteiger partial charge in [0.15, 0.2) is 0 Å². The van der Waals surface area contributed by atoms with Gasteiger partial charge in [-0.3, -0.25) is 0 Å². The number of likely N-dealkylation sites (N-methyl/N-ethyl adjacent to an activating group) is 1. The molecule has 0 unspecified atom stereocenters. The van der Waals surface area contributed by atoms with E-state index in [4.69, 9.17) is 4.74 Å². The first kappa shape index (κ1) is 14.7. The summed E-state index contributed by atoms with van der Waals surface area (Å²) in [4.78, 5) is 11.2. The van der Waals surface area contributed by atoms with Crippen molar-refractivity contribution in [3.8, 4) is 0 Å². The second kappa shape index (κ2) is 7.16. The van der Waals surface area contributed by atoms with Crippen LogP contribution < -0.4 is 10.2 Å². The molecule has 0 atom stereocenters. The predicted molar refractivity (Wildman–Crippen MR) is 75.4 cm³/mol. The van der Waals surface area contributed by atoms with E-state index < -0.39 is 0 Å². The standard InChI is InChI=1S/C13H24N4O/c1-6-17(8-9-18-7-2)13-10(3)12(14-5)15-11(4)16-13/h6-9H2,1-5H3,(H,14,15,16). The Morgan fingerprint density at radius 3 is 2.50 bits per heavy atom. The van der Waals surface area contributed by atoms with Gasteiger partial charge in [0, 0.05) is 32.3 Å². The van der Waals surface area contributed by atoms with Gasteiger partial charge in [-0.1, -0.05) is 0 Å². The van der Waals surface area contributed by atoms with Gasteiger partial charge in [-0.25, -0.2) is 9.97 Å². The monoisotopic (exact) mass is 252 g/mol. The number of aromatic nitrogens is 2. The predicted octanol–water partition coefficient (Wildman–Crippen LogP) is 2.00. The van der Waals surface area contributed by atoms with Crippen LogP contribution in [0.15, 0.2) is 0 Å². The number of nitrogens with zero attached hydrogens (tertiary/aromatic N) is 3. The van der Waals surface area contributed by atoms with Crippen LogP contribution in [0.2, 0.25) is 0 Å². The van der Waals surface area contributed by atoms with Crippen LogP contribution >= 0.6 is 0 Å². The van der Waals surface area contributed by atoms with Crippen LogP contribution in [0, 0.1) is 13.8 Å². The highest BCUT2D eigenvalue weighted by atomic mass is 16.5. The topological polar surface area (TPSA) is 50.3 Å². The molecule has 0 fully saturated rings. The molecule has 5 nitrogen and oxygen atoms in total. The van der Waals surface area contributed by atoms with Gasteiger partial charge in [0.2, 0.25) is 0 Å². The minimum atomic E-state index is 0.724. The van der Waals surface area contributed by atoms with Crippen LogP contribution in [-0.2, 0) is 4.74 Å². The van der Waals surface area contributed by atoms with Crippen molar-refractivity contribution in [2.45, 2.75) is 27.7 Å². The minimum Gasteiger partial charge on any atom is -0.380 e. The molecule has 0 aromatic carbocycles. The van der Waals surface area contributed by atoms with Gasteiger partial charge < -0.3 is 15.0 Å². The molecule has 1 aromatic heterocycles. The minimum absolute atomic E-state index is 0.724. The summed E-state index contributed by atoms with van der Waals surface area (Å²) in [6.45, 7) is 11.3. The van der Waals surface area contributed by atoms with E-state index in [1.165, 1.54) is 0 Å². The first-order valence-electron chi connectivity index (χ1n) is 6.49. The number of ether oxygens (including phenoxy) is 1. The number of nitrogens with one attached hydrogen (secondary N) is 1. The van der Waals surface area contributed by atoms with E-state index >= 15 is 0 Å². The molecule has 0 aliphatic heterocycles. The Labute approximate surface area is 110 Å². The summed E-state index contributed by atoms with van der Waals surface area (Å²) in [6, 6.07) is 0. The van der Waals surface area contributed by atoms with Crippen molar-refractivity contribution in [2.75, 3.05) is 43.6 Å². The Morgan fingerprint density at radius 1 is 1.22 bits per heavy atom. The first-order chi connectivity index (χ1) is 8.63. The Hall–Kier alpha value is -1.36. The summed E-state index contributed by atoms with van der Waals surface area (Å²) >= 11 is 0. The molecule has 1 rings (SSSR count). The third kappa shape index (κ3) is 3.57. The van der Waals surface area contributed by atoms with Crippen molar-refractivity contribution in [3.63, 3.8) is 0 Å². The Bertz CT molecular complexity index is 381. The molecule has 0 amide bonds. The lowest BCUT2D eigenvalue weighted by atomic mass is 10.2. The molecular formula is C13H24N4O. The molecule has 0 aliphatic rings. The quantitative estimate of drug-likeness (QED) is 0.752. The first-order valence-corrected chi connectivity index (χ1v) is 6.49. The van der Waals surface area contributed by atoms with E-state index in [9.17, 15) is 0 Å². The summed E-state index contributed by atoms with van der Waals surface area (Å²) in [7, 11) is 1.88. The second-order valence-corrected chi connectivity index (χ2v) is 4.09. The van der Waals surface area contributed by atoms with Crippen LogP contribution in [0.1, 0.15) is 25.2 Å². The van der Waals surface area contributed by atoms with Crippen LogP contribution in [-0.4, -0.2) is 43.3 Å².